The summed E-state index contributed by atoms with van der Waals surface area (Å²) in [4.78, 5) is 12.2. The van der Waals surface area contributed by atoms with E-state index in [2.05, 4.69) is 21.2 Å². The maximum absolute atomic E-state index is 12.2. The van der Waals surface area contributed by atoms with Gasteiger partial charge in [0.25, 0.3) is 5.91 Å². The molecule has 0 atom stereocenters. The van der Waals surface area contributed by atoms with E-state index in [0.29, 0.717) is 33.0 Å². The van der Waals surface area contributed by atoms with E-state index in [4.69, 9.17) is 24.7 Å². The van der Waals surface area contributed by atoms with E-state index in [-0.39, 0.29) is 18.1 Å². The molecule has 142 valence electrons. The van der Waals surface area contributed by atoms with Gasteiger partial charge in [-0.1, -0.05) is 12.1 Å². The lowest BCUT2D eigenvalue weighted by Crippen LogP contribution is -2.20. The molecule has 0 spiro atoms. The lowest BCUT2D eigenvalue weighted by molar-refractivity contribution is -0.118. The third-order valence-corrected chi connectivity index (χ3v) is 4.12. The first-order valence-corrected chi connectivity index (χ1v) is 8.76. The number of carbonyl (C=O) groups excluding carboxylic acids is 1. The zero-order valence-electron chi connectivity index (χ0n) is 15.2. The summed E-state index contributed by atoms with van der Waals surface area (Å²) in [7, 11) is 2.97. The number of benzene rings is 2. The molecule has 2 aromatic carbocycles. The number of para-hydroxylation sites is 2. The minimum absolute atomic E-state index is 0.0428. The molecule has 0 bridgehead atoms. The van der Waals surface area contributed by atoms with Crippen molar-refractivity contribution in [2.75, 3.05) is 26.1 Å². The van der Waals surface area contributed by atoms with Crippen LogP contribution in [0.1, 0.15) is 5.56 Å². The third kappa shape index (κ3) is 5.26. The van der Waals surface area contributed by atoms with Crippen molar-refractivity contribution >= 4 is 33.6 Å². The fourth-order valence-electron chi connectivity index (χ4n) is 2.29. The van der Waals surface area contributed by atoms with Crippen LogP contribution in [0.15, 0.2) is 46.4 Å². The lowest BCUT2D eigenvalue weighted by atomic mass is 10.1. The van der Waals surface area contributed by atoms with Crippen LogP contribution in [0.3, 0.4) is 0 Å². The Balaban J connectivity index is 2.15. The van der Waals surface area contributed by atoms with Gasteiger partial charge in [0.05, 0.1) is 24.4 Å². The number of carbonyl (C=O) groups is 1. The highest BCUT2D eigenvalue weighted by atomic mass is 79.9. The molecular formula is C20H16BrN3O4. The summed E-state index contributed by atoms with van der Waals surface area (Å²) in [5.74, 6) is 0.835. The maximum Gasteiger partial charge on any atom is 0.262 e. The molecule has 8 heteroatoms. The van der Waals surface area contributed by atoms with Gasteiger partial charge in [-0.15, -0.1) is 0 Å². The van der Waals surface area contributed by atoms with Gasteiger partial charge in [-0.05, 0) is 51.8 Å². The standard InChI is InChI=1S/C20H16BrN3O4/c1-26-17-6-4-3-5-16(17)24-19(25)12-28-20-15(21)8-13(9-18(20)27-2)7-14(10-22)11-23/h3-9H,12H2,1-2H3,(H,24,25). The highest BCUT2D eigenvalue weighted by Gasteiger charge is 2.14. The number of anilines is 1. The van der Waals surface area contributed by atoms with Gasteiger partial charge in [0, 0.05) is 0 Å². The number of methoxy groups -OCH3 is 2. The number of nitriles is 2. The molecule has 2 rings (SSSR count). The number of nitrogens with one attached hydrogen (secondary N) is 1. The van der Waals surface area contributed by atoms with Crippen LogP contribution in [0, 0.1) is 22.7 Å². The molecule has 28 heavy (non-hydrogen) atoms. The molecule has 0 saturated heterocycles. The number of ether oxygens (including phenoxy) is 3. The van der Waals surface area contributed by atoms with Crippen LogP contribution < -0.4 is 19.5 Å². The van der Waals surface area contributed by atoms with E-state index < -0.39 is 0 Å². The molecule has 1 N–H and O–H groups in total. The van der Waals surface area contributed by atoms with Crippen molar-refractivity contribution in [2.45, 2.75) is 0 Å². The monoisotopic (exact) mass is 441 g/mol. The number of halogens is 1. The minimum atomic E-state index is -0.376. The molecule has 7 nitrogen and oxygen atoms in total. The molecule has 1 amide bonds. The predicted octanol–water partition coefficient (Wildman–Crippen LogP) is 3.91. The predicted molar refractivity (Wildman–Crippen MR) is 107 cm³/mol. The fourth-order valence-corrected chi connectivity index (χ4v) is 2.87. The van der Waals surface area contributed by atoms with E-state index in [1.807, 2.05) is 0 Å². The van der Waals surface area contributed by atoms with Gasteiger partial charge in [0.2, 0.25) is 0 Å². The lowest BCUT2D eigenvalue weighted by Gasteiger charge is -2.14. The smallest absolute Gasteiger partial charge is 0.262 e. The Hall–Kier alpha value is -3.49. The maximum atomic E-state index is 12.2. The molecule has 0 aliphatic heterocycles. The zero-order valence-corrected chi connectivity index (χ0v) is 16.7. The van der Waals surface area contributed by atoms with Crippen LogP contribution in [0.25, 0.3) is 6.08 Å². The van der Waals surface area contributed by atoms with Crippen molar-refractivity contribution in [3.63, 3.8) is 0 Å². The second-order valence-electron chi connectivity index (χ2n) is 5.35. The first kappa shape index (κ1) is 20.8. The molecule has 0 heterocycles. The second kappa shape index (κ2) is 10.0. The molecule has 0 unspecified atom stereocenters. The van der Waals surface area contributed by atoms with Gasteiger partial charge >= 0.3 is 0 Å². The van der Waals surface area contributed by atoms with E-state index in [1.165, 1.54) is 20.3 Å². The molecule has 0 radical (unpaired) electrons. The summed E-state index contributed by atoms with van der Waals surface area (Å²) in [6.07, 6.45) is 1.42. The summed E-state index contributed by atoms with van der Waals surface area (Å²) in [5.41, 5.74) is 1.07. The van der Waals surface area contributed by atoms with Crippen molar-refractivity contribution in [2.24, 2.45) is 0 Å². The van der Waals surface area contributed by atoms with E-state index in [0.717, 1.165) is 0 Å². The van der Waals surface area contributed by atoms with Crippen LogP contribution >= 0.6 is 15.9 Å². The largest absolute Gasteiger partial charge is 0.495 e. The highest BCUT2D eigenvalue weighted by molar-refractivity contribution is 9.10. The Morgan fingerprint density at radius 1 is 1.14 bits per heavy atom. The molecule has 0 aliphatic rings. The molecule has 0 fully saturated rings. The number of amides is 1. The molecule has 0 aliphatic carbocycles. The van der Waals surface area contributed by atoms with Gasteiger partial charge in [-0.3, -0.25) is 4.79 Å². The Kier molecular flexibility index (Phi) is 7.44. The molecule has 2 aromatic rings. The molecular weight excluding hydrogens is 426 g/mol. The highest BCUT2D eigenvalue weighted by Crippen LogP contribution is 2.37. The quantitative estimate of drug-likeness (QED) is 0.652. The van der Waals surface area contributed by atoms with Crippen molar-refractivity contribution in [1.82, 2.24) is 0 Å². The van der Waals surface area contributed by atoms with Gasteiger partial charge < -0.3 is 19.5 Å². The van der Waals surface area contributed by atoms with Crippen molar-refractivity contribution in [1.29, 1.82) is 10.5 Å². The average molecular weight is 442 g/mol. The van der Waals surface area contributed by atoms with E-state index in [9.17, 15) is 4.79 Å². The van der Waals surface area contributed by atoms with Crippen molar-refractivity contribution in [3.8, 4) is 29.4 Å². The Bertz CT molecular complexity index is 974. The molecule has 0 aromatic heterocycles. The summed E-state index contributed by atoms with van der Waals surface area (Å²) in [6, 6.07) is 13.9. The van der Waals surface area contributed by atoms with Crippen LogP contribution in [-0.2, 0) is 4.79 Å². The number of nitrogens with zero attached hydrogens (tertiary/aromatic N) is 2. The van der Waals surface area contributed by atoms with E-state index >= 15 is 0 Å². The normalized spacial score (nSPS) is 9.46. The number of allylic oxidation sites excluding steroid dienone is 1. The van der Waals surface area contributed by atoms with Gasteiger partial charge in [-0.25, -0.2) is 0 Å². The van der Waals surface area contributed by atoms with Crippen LogP contribution in [-0.4, -0.2) is 26.7 Å². The van der Waals surface area contributed by atoms with Crippen LogP contribution in [0.5, 0.6) is 17.2 Å². The summed E-state index contributed by atoms with van der Waals surface area (Å²) in [5, 5.41) is 20.5. The summed E-state index contributed by atoms with van der Waals surface area (Å²) in [6.45, 7) is -0.260. The van der Waals surface area contributed by atoms with Crippen LogP contribution in [0.4, 0.5) is 5.69 Å². The van der Waals surface area contributed by atoms with Crippen molar-refractivity contribution in [3.05, 3.63) is 52.0 Å². The Morgan fingerprint density at radius 3 is 2.46 bits per heavy atom. The third-order valence-electron chi connectivity index (χ3n) is 3.53. The zero-order chi connectivity index (χ0) is 20.5. The summed E-state index contributed by atoms with van der Waals surface area (Å²) >= 11 is 3.36. The number of rotatable bonds is 7. The number of hydrogen-bond donors (Lipinski definition) is 1. The van der Waals surface area contributed by atoms with Gasteiger partial charge in [-0.2, -0.15) is 10.5 Å². The van der Waals surface area contributed by atoms with Gasteiger partial charge in [0.15, 0.2) is 18.1 Å². The average Bonchev–Trinajstić information content (AvgIpc) is 2.71. The first-order valence-electron chi connectivity index (χ1n) is 7.97. The topological polar surface area (TPSA) is 104 Å². The fraction of sp³-hybridized carbons (Fsp3) is 0.150. The second-order valence-corrected chi connectivity index (χ2v) is 6.21. The molecule has 0 saturated carbocycles. The van der Waals surface area contributed by atoms with Crippen molar-refractivity contribution < 1.29 is 19.0 Å². The Labute approximate surface area is 170 Å². The summed E-state index contributed by atoms with van der Waals surface area (Å²) < 4.78 is 16.6. The van der Waals surface area contributed by atoms with Gasteiger partial charge in [0.1, 0.15) is 23.5 Å². The SMILES string of the molecule is COc1ccccc1NC(=O)COc1c(Br)cc(C=C(C#N)C#N)cc1OC. The first-order chi connectivity index (χ1) is 13.5. The number of hydrogen-bond acceptors (Lipinski definition) is 6. The Morgan fingerprint density at radius 2 is 1.82 bits per heavy atom. The van der Waals surface area contributed by atoms with Crippen LogP contribution in [0.2, 0.25) is 0 Å². The van der Waals surface area contributed by atoms with E-state index in [1.54, 1.807) is 48.5 Å². The minimum Gasteiger partial charge on any atom is -0.495 e.